The molecule has 2 heterocycles. The molecule has 0 radical (unpaired) electrons. The Bertz CT molecular complexity index is 751. The summed E-state index contributed by atoms with van der Waals surface area (Å²) in [6.07, 6.45) is 3.25. The molecule has 0 aliphatic heterocycles. The Morgan fingerprint density at radius 3 is 2.53 bits per heavy atom. The van der Waals surface area contributed by atoms with Crippen molar-refractivity contribution in [2.24, 2.45) is 0 Å². The average Bonchev–Trinajstić information content (AvgIpc) is 2.47. The van der Waals surface area contributed by atoms with Crippen LogP contribution >= 0.6 is 0 Å². The van der Waals surface area contributed by atoms with Crippen molar-refractivity contribution in [1.29, 1.82) is 0 Å². The Morgan fingerprint density at radius 2 is 1.74 bits per heavy atom. The minimum atomic E-state index is 0.00451. The second-order valence-corrected chi connectivity index (χ2v) is 4.43. The molecular weight excluding hydrogens is 236 g/mol. The number of nitrogens with zero attached hydrogens (tertiary/aromatic N) is 2. The van der Waals surface area contributed by atoms with Gasteiger partial charge in [-0.25, -0.2) is 0 Å². The van der Waals surface area contributed by atoms with E-state index in [9.17, 15) is 4.79 Å². The van der Waals surface area contributed by atoms with Crippen molar-refractivity contribution < 1.29 is 4.79 Å². The van der Waals surface area contributed by atoms with Crippen LogP contribution in [0, 0.1) is 6.92 Å². The smallest absolute Gasteiger partial charge is 0.193 e. The van der Waals surface area contributed by atoms with Crippen molar-refractivity contribution in [3.63, 3.8) is 0 Å². The van der Waals surface area contributed by atoms with E-state index in [4.69, 9.17) is 0 Å². The fourth-order valence-electron chi connectivity index (χ4n) is 2.04. The highest BCUT2D eigenvalue weighted by atomic mass is 16.1. The second kappa shape index (κ2) is 4.61. The number of rotatable bonds is 2. The molecule has 0 N–H and O–H groups in total. The number of aryl methyl sites for hydroxylation is 1. The van der Waals surface area contributed by atoms with Gasteiger partial charge in [-0.05, 0) is 43.3 Å². The molecule has 0 bridgehead atoms. The van der Waals surface area contributed by atoms with Crippen LogP contribution in [0.3, 0.4) is 0 Å². The first kappa shape index (κ1) is 11.5. The van der Waals surface area contributed by atoms with E-state index in [1.807, 2.05) is 37.3 Å². The third-order valence-corrected chi connectivity index (χ3v) is 3.03. The maximum Gasteiger partial charge on any atom is 0.193 e. The average molecular weight is 248 g/mol. The standard InChI is InChI=1S/C16H12N2O/c1-11-2-3-13-10-14(4-5-15(13)18-11)16(19)12-6-8-17-9-7-12/h2-10H,1H3. The lowest BCUT2D eigenvalue weighted by atomic mass is 10.0. The third kappa shape index (κ3) is 2.22. The van der Waals surface area contributed by atoms with Crippen molar-refractivity contribution in [3.05, 3.63) is 71.7 Å². The van der Waals surface area contributed by atoms with Gasteiger partial charge in [0, 0.05) is 34.6 Å². The molecule has 0 amide bonds. The molecular formula is C16H12N2O. The van der Waals surface area contributed by atoms with Crippen LogP contribution < -0.4 is 0 Å². The summed E-state index contributed by atoms with van der Waals surface area (Å²) in [6.45, 7) is 1.95. The van der Waals surface area contributed by atoms with Gasteiger partial charge in [-0.2, -0.15) is 0 Å². The Labute approximate surface area is 111 Å². The van der Waals surface area contributed by atoms with E-state index < -0.39 is 0 Å². The molecule has 3 nitrogen and oxygen atoms in total. The maximum atomic E-state index is 12.3. The summed E-state index contributed by atoms with van der Waals surface area (Å²) in [4.78, 5) is 20.7. The second-order valence-electron chi connectivity index (χ2n) is 4.43. The maximum absolute atomic E-state index is 12.3. The predicted octanol–water partition coefficient (Wildman–Crippen LogP) is 3.17. The highest BCUT2D eigenvalue weighted by Gasteiger charge is 2.09. The number of hydrogen-bond acceptors (Lipinski definition) is 3. The van der Waals surface area contributed by atoms with Crippen LogP contribution in [0.2, 0.25) is 0 Å². The summed E-state index contributed by atoms with van der Waals surface area (Å²) in [5.41, 5.74) is 3.20. The van der Waals surface area contributed by atoms with Crippen molar-refractivity contribution >= 4 is 16.7 Å². The molecule has 2 aromatic heterocycles. The third-order valence-electron chi connectivity index (χ3n) is 3.03. The van der Waals surface area contributed by atoms with Gasteiger partial charge in [-0.3, -0.25) is 14.8 Å². The monoisotopic (exact) mass is 248 g/mol. The quantitative estimate of drug-likeness (QED) is 0.654. The van der Waals surface area contributed by atoms with E-state index in [0.29, 0.717) is 11.1 Å². The fourth-order valence-corrected chi connectivity index (χ4v) is 2.04. The zero-order valence-electron chi connectivity index (χ0n) is 10.5. The van der Waals surface area contributed by atoms with E-state index in [1.165, 1.54) is 0 Å². The number of hydrogen-bond donors (Lipinski definition) is 0. The lowest BCUT2D eigenvalue weighted by Crippen LogP contribution is -2.01. The van der Waals surface area contributed by atoms with Crippen molar-refractivity contribution in [3.8, 4) is 0 Å². The molecule has 0 fully saturated rings. The highest BCUT2D eigenvalue weighted by Crippen LogP contribution is 2.17. The van der Waals surface area contributed by atoms with Gasteiger partial charge in [0.2, 0.25) is 0 Å². The van der Waals surface area contributed by atoms with Gasteiger partial charge in [0.1, 0.15) is 0 Å². The number of pyridine rings is 2. The molecule has 0 saturated heterocycles. The number of fused-ring (bicyclic) bond motifs is 1. The van der Waals surface area contributed by atoms with E-state index in [0.717, 1.165) is 16.6 Å². The largest absolute Gasteiger partial charge is 0.289 e. The van der Waals surface area contributed by atoms with Crippen molar-refractivity contribution in [2.75, 3.05) is 0 Å². The zero-order chi connectivity index (χ0) is 13.2. The lowest BCUT2D eigenvalue weighted by molar-refractivity contribution is 0.103. The first-order chi connectivity index (χ1) is 9.24. The summed E-state index contributed by atoms with van der Waals surface area (Å²) in [5.74, 6) is 0.00451. The lowest BCUT2D eigenvalue weighted by Gasteiger charge is -2.03. The minimum Gasteiger partial charge on any atom is -0.289 e. The summed E-state index contributed by atoms with van der Waals surface area (Å²) in [6, 6.07) is 13.0. The molecule has 3 rings (SSSR count). The van der Waals surface area contributed by atoms with Gasteiger partial charge in [-0.1, -0.05) is 6.07 Å². The summed E-state index contributed by atoms with van der Waals surface area (Å²) in [5, 5.41) is 0.977. The van der Waals surface area contributed by atoms with Gasteiger partial charge >= 0.3 is 0 Å². The van der Waals surface area contributed by atoms with Gasteiger partial charge in [-0.15, -0.1) is 0 Å². The number of carbonyl (C=O) groups excluding carboxylic acids is 1. The first-order valence-electron chi connectivity index (χ1n) is 6.06. The van der Waals surface area contributed by atoms with Gasteiger partial charge in [0.05, 0.1) is 5.52 Å². The topological polar surface area (TPSA) is 42.9 Å². The van der Waals surface area contributed by atoms with Gasteiger partial charge in [0.25, 0.3) is 0 Å². The predicted molar refractivity (Wildman–Crippen MR) is 74.1 cm³/mol. The summed E-state index contributed by atoms with van der Waals surface area (Å²) in [7, 11) is 0. The molecule has 0 aliphatic carbocycles. The Balaban J connectivity index is 2.07. The van der Waals surface area contributed by atoms with Crippen LogP contribution in [-0.2, 0) is 0 Å². The molecule has 3 heteroatoms. The minimum absolute atomic E-state index is 0.00451. The number of carbonyl (C=O) groups is 1. The van der Waals surface area contributed by atoms with E-state index >= 15 is 0 Å². The van der Waals surface area contributed by atoms with Crippen LogP contribution in [0.25, 0.3) is 10.9 Å². The first-order valence-corrected chi connectivity index (χ1v) is 6.06. The Morgan fingerprint density at radius 1 is 0.947 bits per heavy atom. The van der Waals surface area contributed by atoms with E-state index in [1.54, 1.807) is 24.5 Å². The Hall–Kier alpha value is -2.55. The van der Waals surface area contributed by atoms with Crippen LogP contribution in [0.15, 0.2) is 54.9 Å². The number of benzene rings is 1. The highest BCUT2D eigenvalue weighted by molar-refractivity contribution is 6.10. The number of ketones is 1. The zero-order valence-corrected chi connectivity index (χ0v) is 10.5. The molecule has 3 aromatic rings. The molecule has 1 aromatic carbocycles. The molecule has 19 heavy (non-hydrogen) atoms. The number of aromatic nitrogens is 2. The van der Waals surface area contributed by atoms with Crippen molar-refractivity contribution in [2.45, 2.75) is 6.92 Å². The normalized spacial score (nSPS) is 10.6. The van der Waals surface area contributed by atoms with E-state index in [-0.39, 0.29) is 5.78 Å². The van der Waals surface area contributed by atoms with Crippen LogP contribution in [0.1, 0.15) is 21.6 Å². The van der Waals surface area contributed by atoms with Gasteiger partial charge in [0.15, 0.2) is 5.78 Å². The Kier molecular flexibility index (Phi) is 2.80. The molecule has 0 aliphatic rings. The molecule has 0 saturated carbocycles. The molecule has 0 unspecified atom stereocenters. The van der Waals surface area contributed by atoms with Gasteiger partial charge < -0.3 is 0 Å². The molecule has 0 atom stereocenters. The SMILES string of the molecule is Cc1ccc2cc(C(=O)c3ccncc3)ccc2n1. The van der Waals surface area contributed by atoms with Crippen LogP contribution in [0.5, 0.6) is 0 Å². The summed E-state index contributed by atoms with van der Waals surface area (Å²) >= 11 is 0. The van der Waals surface area contributed by atoms with Crippen LogP contribution in [-0.4, -0.2) is 15.8 Å². The molecule has 0 spiro atoms. The fraction of sp³-hybridized carbons (Fsp3) is 0.0625. The van der Waals surface area contributed by atoms with Crippen LogP contribution in [0.4, 0.5) is 0 Å². The summed E-state index contributed by atoms with van der Waals surface area (Å²) < 4.78 is 0. The van der Waals surface area contributed by atoms with E-state index in [2.05, 4.69) is 9.97 Å². The van der Waals surface area contributed by atoms with Crippen molar-refractivity contribution in [1.82, 2.24) is 9.97 Å². The molecule has 92 valence electrons.